The summed E-state index contributed by atoms with van der Waals surface area (Å²) in [4.78, 5) is 12.0. The van der Waals surface area contributed by atoms with Crippen LogP contribution >= 0.6 is 0 Å². The van der Waals surface area contributed by atoms with Gasteiger partial charge in [0.15, 0.2) is 0 Å². The molecule has 0 aliphatic rings. The zero-order valence-corrected chi connectivity index (χ0v) is 11.3. The SMILES string of the molecule is CCCCC(CCC)OC(=O)c1ccccc1N. The number of anilines is 1. The minimum atomic E-state index is -0.303. The van der Waals surface area contributed by atoms with Gasteiger partial charge in [0.1, 0.15) is 6.10 Å². The average Bonchev–Trinajstić information content (AvgIpc) is 2.36. The molecule has 0 aliphatic heterocycles. The first-order valence-corrected chi connectivity index (χ1v) is 6.74. The quantitative estimate of drug-likeness (QED) is 0.591. The normalized spacial score (nSPS) is 12.1. The molecule has 3 nitrogen and oxygen atoms in total. The van der Waals surface area contributed by atoms with E-state index in [4.69, 9.17) is 10.5 Å². The van der Waals surface area contributed by atoms with E-state index in [1.54, 1.807) is 18.2 Å². The van der Waals surface area contributed by atoms with Gasteiger partial charge in [-0.2, -0.15) is 0 Å². The van der Waals surface area contributed by atoms with Gasteiger partial charge in [-0.25, -0.2) is 4.79 Å². The zero-order chi connectivity index (χ0) is 13.4. The third-order valence-electron chi connectivity index (χ3n) is 2.94. The van der Waals surface area contributed by atoms with Crippen LogP contribution < -0.4 is 5.73 Å². The lowest BCUT2D eigenvalue weighted by Gasteiger charge is -2.17. The first-order valence-electron chi connectivity index (χ1n) is 6.74. The van der Waals surface area contributed by atoms with Gasteiger partial charge in [-0.15, -0.1) is 0 Å². The number of esters is 1. The topological polar surface area (TPSA) is 52.3 Å². The number of nitrogen functional groups attached to an aromatic ring is 1. The lowest BCUT2D eigenvalue weighted by Crippen LogP contribution is -2.19. The number of ether oxygens (including phenoxy) is 1. The summed E-state index contributed by atoms with van der Waals surface area (Å²) in [6, 6.07) is 7.04. The third-order valence-corrected chi connectivity index (χ3v) is 2.94. The van der Waals surface area contributed by atoms with Gasteiger partial charge in [0.25, 0.3) is 0 Å². The van der Waals surface area contributed by atoms with Crippen LogP contribution in [0.1, 0.15) is 56.3 Å². The van der Waals surface area contributed by atoms with Crippen molar-refractivity contribution >= 4 is 11.7 Å². The predicted molar refractivity (Wildman–Crippen MR) is 74.5 cm³/mol. The highest BCUT2D eigenvalue weighted by atomic mass is 16.5. The molecule has 1 atom stereocenters. The molecule has 18 heavy (non-hydrogen) atoms. The van der Waals surface area contributed by atoms with E-state index in [9.17, 15) is 4.79 Å². The molecule has 0 fully saturated rings. The van der Waals surface area contributed by atoms with Gasteiger partial charge in [0.2, 0.25) is 0 Å². The molecule has 0 amide bonds. The molecule has 0 saturated carbocycles. The minimum absolute atomic E-state index is 0.0158. The predicted octanol–water partition coefficient (Wildman–Crippen LogP) is 3.78. The van der Waals surface area contributed by atoms with Gasteiger partial charge in [-0.05, 0) is 25.0 Å². The molecule has 0 radical (unpaired) electrons. The van der Waals surface area contributed by atoms with Crippen LogP contribution in [0.5, 0.6) is 0 Å². The Bertz CT molecular complexity index is 377. The Morgan fingerprint density at radius 2 is 1.94 bits per heavy atom. The largest absolute Gasteiger partial charge is 0.459 e. The summed E-state index contributed by atoms with van der Waals surface area (Å²) in [6.07, 6.45) is 5.09. The number of carbonyl (C=O) groups is 1. The molecule has 2 N–H and O–H groups in total. The second-order valence-corrected chi connectivity index (χ2v) is 4.55. The summed E-state index contributed by atoms with van der Waals surface area (Å²) in [5.74, 6) is -0.303. The zero-order valence-electron chi connectivity index (χ0n) is 11.3. The van der Waals surface area contributed by atoms with E-state index < -0.39 is 0 Å². The number of nitrogens with two attached hydrogens (primary N) is 1. The second-order valence-electron chi connectivity index (χ2n) is 4.55. The number of carbonyl (C=O) groups excluding carboxylic acids is 1. The molecule has 0 aliphatic carbocycles. The van der Waals surface area contributed by atoms with Crippen molar-refractivity contribution < 1.29 is 9.53 Å². The van der Waals surface area contributed by atoms with Crippen LogP contribution in [0.25, 0.3) is 0 Å². The standard InChI is InChI=1S/C15H23NO2/c1-3-5-9-12(8-4-2)18-15(17)13-10-6-7-11-14(13)16/h6-7,10-12H,3-5,8-9,16H2,1-2H3. The Kier molecular flexibility index (Phi) is 6.26. The Morgan fingerprint density at radius 1 is 1.22 bits per heavy atom. The molecule has 3 heteroatoms. The number of rotatable bonds is 7. The van der Waals surface area contributed by atoms with Gasteiger partial charge in [-0.1, -0.05) is 45.2 Å². The highest BCUT2D eigenvalue weighted by Crippen LogP contribution is 2.17. The van der Waals surface area contributed by atoms with Crippen molar-refractivity contribution in [3.05, 3.63) is 29.8 Å². The van der Waals surface area contributed by atoms with Crippen molar-refractivity contribution in [3.8, 4) is 0 Å². The van der Waals surface area contributed by atoms with Crippen molar-refractivity contribution in [2.75, 3.05) is 5.73 Å². The Balaban J connectivity index is 2.63. The fourth-order valence-corrected chi connectivity index (χ4v) is 1.91. The molecule has 0 bridgehead atoms. The fraction of sp³-hybridized carbons (Fsp3) is 0.533. The maximum Gasteiger partial charge on any atom is 0.340 e. The maximum atomic E-state index is 12.0. The van der Waals surface area contributed by atoms with Crippen LogP contribution in [0.15, 0.2) is 24.3 Å². The van der Waals surface area contributed by atoms with Crippen LogP contribution in [-0.2, 0) is 4.74 Å². The van der Waals surface area contributed by atoms with Gasteiger partial charge >= 0.3 is 5.97 Å². The molecular weight excluding hydrogens is 226 g/mol. The molecule has 1 unspecified atom stereocenters. The van der Waals surface area contributed by atoms with E-state index in [1.165, 1.54) is 0 Å². The van der Waals surface area contributed by atoms with Gasteiger partial charge in [-0.3, -0.25) is 0 Å². The van der Waals surface area contributed by atoms with Crippen LogP contribution in [0, 0.1) is 0 Å². The Morgan fingerprint density at radius 3 is 2.56 bits per heavy atom. The Hall–Kier alpha value is -1.51. The first kappa shape index (κ1) is 14.6. The molecular formula is C15H23NO2. The number of benzene rings is 1. The molecule has 100 valence electrons. The highest BCUT2D eigenvalue weighted by molar-refractivity contribution is 5.95. The van der Waals surface area contributed by atoms with Crippen molar-refractivity contribution in [1.29, 1.82) is 0 Å². The summed E-state index contributed by atoms with van der Waals surface area (Å²) in [7, 11) is 0. The molecule has 0 spiro atoms. The number of para-hydroxylation sites is 1. The van der Waals surface area contributed by atoms with E-state index in [1.807, 2.05) is 6.07 Å². The monoisotopic (exact) mass is 249 g/mol. The van der Waals surface area contributed by atoms with Crippen molar-refractivity contribution in [2.24, 2.45) is 0 Å². The van der Waals surface area contributed by atoms with Crippen molar-refractivity contribution in [2.45, 2.75) is 52.1 Å². The Labute approximate surface area is 109 Å². The number of unbranched alkanes of at least 4 members (excludes halogenated alkanes) is 1. The second kappa shape index (κ2) is 7.75. The number of hydrogen-bond acceptors (Lipinski definition) is 3. The van der Waals surface area contributed by atoms with E-state index in [0.717, 1.165) is 32.1 Å². The van der Waals surface area contributed by atoms with Gasteiger partial charge in [0, 0.05) is 5.69 Å². The highest BCUT2D eigenvalue weighted by Gasteiger charge is 2.16. The van der Waals surface area contributed by atoms with Crippen LogP contribution in [-0.4, -0.2) is 12.1 Å². The van der Waals surface area contributed by atoms with E-state index in [0.29, 0.717) is 11.3 Å². The van der Waals surface area contributed by atoms with E-state index in [-0.39, 0.29) is 12.1 Å². The van der Waals surface area contributed by atoms with E-state index in [2.05, 4.69) is 13.8 Å². The third kappa shape index (κ3) is 4.40. The molecule has 1 rings (SSSR count). The van der Waals surface area contributed by atoms with Gasteiger partial charge in [0.05, 0.1) is 5.56 Å². The molecule has 0 saturated heterocycles. The first-order chi connectivity index (χ1) is 8.69. The summed E-state index contributed by atoms with van der Waals surface area (Å²) in [5, 5.41) is 0. The average molecular weight is 249 g/mol. The lowest BCUT2D eigenvalue weighted by atomic mass is 10.1. The number of hydrogen-bond donors (Lipinski definition) is 1. The fourth-order valence-electron chi connectivity index (χ4n) is 1.91. The van der Waals surface area contributed by atoms with E-state index >= 15 is 0 Å². The minimum Gasteiger partial charge on any atom is -0.459 e. The van der Waals surface area contributed by atoms with Crippen LogP contribution in [0.2, 0.25) is 0 Å². The summed E-state index contributed by atoms with van der Waals surface area (Å²) >= 11 is 0. The van der Waals surface area contributed by atoms with Crippen molar-refractivity contribution in [1.82, 2.24) is 0 Å². The smallest absolute Gasteiger partial charge is 0.340 e. The summed E-state index contributed by atoms with van der Waals surface area (Å²) in [6.45, 7) is 4.24. The van der Waals surface area contributed by atoms with Crippen molar-refractivity contribution in [3.63, 3.8) is 0 Å². The molecule has 1 aromatic carbocycles. The maximum absolute atomic E-state index is 12.0. The van der Waals surface area contributed by atoms with Crippen LogP contribution in [0.4, 0.5) is 5.69 Å². The van der Waals surface area contributed by atoms with Crippen LogP contribution in [0.3, 0.4) is 0 Å². The summed E-state index contributed by atoms with van der Waals surface area (Å²) in [5.41, 5.74) is 6.72. The molecule has 1 aromatic rings. The summed E-state index contributed by atoms with van der Waals surface area (Å²) < 4.78 is 5.54. The lowest BCUT2D eigenvalue weighted by molar-refractivity contribution is 0.0256. The molecule has 0 heterocycles. The molecule has 0 aromatic heterocycles. The van der Waals surface area contributed by atoms with Gasteiger partial charge < -0.3 is 10.5 Å².